The predicted molar refractivity (Wildman–Crippen MR) is 99.8 cm³/mol. The van der Waals surface area contributed by atoms with Crippen molar-refractivity contribution in [2.24, 2.45) is 0 Å². The number of benzene rings is 1. The van der Waals surface area contributed by atoms with Gasteiger partial charge in [0.15, 0.2) is 0 Å². The maximum Gasteiger partial charge on any atom is 0.339 e. The van der Waals surface area contributed by atoms with Crippen LogP contribution in [0.25, 0.3) is 10.9 Å². The Kier molecular flexibility index (Phi) is 4.35. The van der Waals surface area contributed by atoms with Crippen molar-refractivity contribution in [2.75, 3.05) is 36.0 Å². The molecule has 0 unspecified atom stereocenters. The number of hydrogen-bond donors (Lipinski definition) is 1. The van der Waals surface area contributed by atoms with Crippen molar-refractivity contribution < 1.29 is 9.90 Å². The van der Waals surface area contributed by atoms with Crippen molar-refractivity contribution in [3.05, 3.63) is 54.4 Å². The quantitative estimate of drug-likeness (QED) is 0.777. The summed E-state index contributed by atoms with van der Waals surface area (Å²) in [6, 6.07) is 11.1. The fourth-order valence-electron chi connectivity index (χ4n) is 3.29. The molecule has 3 aromatic rings. The maximum absolute atomic E-state index is 11.8. The Bertz CT molecular complexity index is 932. The third-order valence-corrected chi connectivity index (χ3v) is 4.56. The van der Waals surface area contributed by atoms with Crippen molar-refractivity contribution >= 4 is 28.6 Å². The van der Waals surface area contributed by atoms with Crippen molar-refractivity contribution in [2.45, 2.75) is 6.42 Å². The van der Waals surface area contributed by atoms with Gasteiger partial charge in [-0.1, -0.05) is 18.2 Å². The Morgan fingerprint density at radius 1 is 0.962 bits per heavy atom. The van der Waals surface area contributed by atoms with Crippen LogP contribution in [0.4, 0.5) is 11.8 Å². The molecule has 1 aliphatic rings. The zero-order valence-corrected chi connectivity index (χ0v) is 14.2. The highest BCUT2D eigenvalue weighted by molar-refractivity contribution is 5.98. The molecule has 0 atom stereocenters. The number of aromatic nitrogens is 3. The van der Waals surface area contributed by atoms with Crippen LogP contribution < -0.4 is 9.80 Å². The Labute approximate surface area is 150 Å². The monoisotopic (exact) mass is 349 g/mol. The average molecular weight is 349 g/mol. The first-order valence-electron chi connectivity index (χ1n) is 8.62. The van der Waals surface area contributed by atoms with E-state index >= 15 is 0 Å². The number of hydrogen-bond acceptors (Lipinski definition) is 6. The molecule has 1 aromatic carbocycles. The topological polar surface area (TPSA) is 82.5 Å². The fraction of sp³-hybridized carbons (Fsp3) is 0.263. The minimum Gasteiger partial charge on any atom is -0.478 e. The largest absolute Gasteiger partial charge is 0.478 e. The van der Waals surface area contributed by atoms with Gasteiger partial charge in [0.05, 0.1) is 5.52 Å². The highest BCUT2D eigenvalue weighted by Crippen LogP contribution is 2.25. The van der Waals surface area contributed by atoms with E-state index in [9.17, 15) is 9.90 Å². The summed E-state index contributed by atoms with van der Waals surface area (Å²) in [5.74, 6) is 0.289. The zero-order valence-electron chi connectivity index (χ0n) is 14.2. The molecule has 26 heavy (non-hydrogen) atoms. The Hall–Kier alpha value is -3.22. The van der Waals surface area contributed by atoms with Crippen LogP contribution in [0.5, 0.6) is 0 Å². The summed E-state index contributed by atoms with van der Waals surface area (Å²) in [4.78, 5) is 29.2. The SMILES string of the molecule is O=C(O)c1cc2ccccc2nc1N1CCCN(c2ncccn2)CC1. The van der Waals surface area contributed by atoms with Gasteiger partial charge in [0, 0.05) is 44.0 Å². The summed E-state index contributed by atoms with van der Waals surface area (Å²) in [7, 11) is 0. The smallest absolute Gasteiger partial charge is 0.339 e. The van der Waals surface area contributed by atoms with E-state index in [1.165, 1.54) is 0 Å². The molecular formula is C19H19N5O2. The van der Waals surface area contributed by atoms with Gasteiger partial charge in [-0.15, -0.1) is 0 Å². The van der Waals surface area contributed by atoms with Gasteiger partial charge in [-0.25, -0.2) is 19.7 Å². The van der Waals surface area contributed by atoms with Crippen LogP contribution in [0.2, 0.25) is 0 Å². The summed E-state index contributed by atoms with van der Waals surface area (Å²) in [6.45, 7) is 2.97. The molecule has 7 nitrogen and oxygen atoms in total. The lowest BCUT2D eigenvalue weighted by molar-refractivity contribution is 0.0697. The zero-order chi connectivity index (χ0) is 17.9. The lowest BCUT2D eigenvalue weighted by Crippen LogP contribution is -2.32. The number of carboxylic acids is 1. The van der Waals surface area contributed by atoms with Gasteiger partial charge < -0.3 is 14.9 Å². The minimum atomic E-state index is -0.953. The van der Waals surface area contributed by atoms with Crippen LogP contribution in [-0.4, -0.2) is 52.2 Å². The second-order valence-electron chi connectivity index (χ2n) is 6.23. The van der Waals surface area contributed by atoms with Crippen molar-refractivity contribution in [1.82, 2.24) is 15.0 Å². The van der Waals surface area contributed by atoms with Gasteiger partial charge in [0.25, 0.3) is 0 Å². The number of para-hydroxylation sites is 1. The maximum atomic E-state index is 11.8. The molecule has 0 bridgehead atoms. The number of pyridine rings is 1. The molecule has 0 spiro atoms. The molecular weight excluding hydrogens is 330 g/mol. The number of nitrogens with zero attached hydrogens (tertiary/aromatic N) is 5. The first kappa shape index (κ1) is 16.3. The van der Waals surface area contributed by atoms with Crippen LogP contribution in [0.3, 0.4) is 0 Å². The number of fused-ring (bicyclic) bond motifs is 1. The number of aromatic carboxylic acids is 1. The summed E-state index contributed by atoms with van der Waals surface area (Å²) < 4.78 is 0. The molecule has 1 aliphatic heterocycles. The number of rotatable bonds is 3. The molecule has 7 heteroatoms. The molecule has 4 rings (SSSR count). The molecule has 0 amide bonds. The second-order valence-corrected chi connectivity index (χ2v) is 6.23. The van der Waals surface area contributed by atoms with Crippen LogP contribution in [0.1, 0.15) is 16.8 Å². The van der Waals surface area contributed by atoms with Crippen LogP contribution in [0, 0.1) is 0 Å². The van der Waals surface area contributed by atoms with E-state index in [2.05, 4.69) is 24.8 Å². The van der Waals surface area contributed by atoms with Crippen LogP contribution in [0.15, 0.2) is 48.8 Å². The first-order valence-corrected chi connectivity index (χ1v) is 8.62. The van der Waals surface area contributed by atoms with E-state index in [-0.39, 0.29) is 5.56 Å². The molecule has 0 saturated carbocycles. The molecule has 0 aliphatic carbocycles. The summed E-state index contributed by atoms with van der Waals surface area (Å²) in [5.41, 5.74) is 1.05. The molecule has 0 radical (unpaired) electrons. The molecule has 1 fully saturated rings. The van der Waals surface area contributed by atoms with E-state index < -0.39 is 5.97 Å². The number of carbonyl (C=O) groups is 1. The predicted octanol–water partition coefficient (Wildman–Crippen LogP) is 2.44. The Morgan fingerprint density at radius 3 is 2.50 bits per heavy atom. The minimum absolute atomic E-state index is 0.244. The van der Waals surface area contributed by atoms with E-state index in [4.69, 9.17) is 0 Å². The lowest BCUT2D eigenvalue weighted by atomic mass is 10.1. The Balaban J connectivity index is 1.65. The molecule has 1 saturated heterocycles. The Morgan fingerprint density at radius 2 is 1.69 bits per heavy atom. The van der Waals surface area contributed by atoms with E-state index in [0.29, 0.717) is 18.3 Å². The highest BCUT2D eigenvalue weighted by atomic mass is 16.4. The van der Waals surface area contributed by atoms with Gasteiger partial charge in [-0.05, 0) is 24.6 Å². The molecule has 2 aromatic heterocycles. The van der Waals surface area contributed by atoms with Crippen molar-refractivity contribution in [3.63, 3.8) is 0 Å². The standard InChI is InChI=1S/C19H19N5O2/c25-18(26)15-13-14-5-1-2-6-16(14)22-17(15)23-9-4-10-24(12-11-23)19-20-7-3-8-21-19/h1-3,5-8,13H,4,9-12H2,(H,25,26). The van der Waals surface area contributed by atoms with E-state index in [1.807, 2.05) is 24.3 Å². The number of carboxylic acid groups (broad SMARTS) is 1. The second kappa shape index (κ2) is 6.95. The fourth-order valence-corrected chi connectivity index (χ4v) is 3.29. The van der Waals surface area contributed by atoms with Gasteiger partial charge in [0.2, 0.25) is 5.95 Å². The van der Waals surface area contributed by atoms with E-state index in [0.717, 1.165) is 37.0 Å². The number of anilines is 2. The van der Waals surface area contributed by atoms with Crippen molar-refractivity contribution in [1.29, 1.82) is 0 Å². The van der Waals surface area contributed by atoms with Gasteiger partial charge in [-0.3, -0.25) is 0 Å². The van der Waals surface area contributed by atoms with Gasteiger partial charge in [0.1, 0.15) is 11.4 Å². The molecule has 3 heterocycles. The normalized spacial score (nSPS) is 15.1. The van der Waals surface area contributed by atoms with Crippen LogP contribution >= 0.6 is 0 Å². The van der Waals surface area contributed by atoms with Gasteiger partial charge >= 0.3 is 5.97 Å². The average Bonchev–Trinajstić information content (AvgIpc) is 2.94. The molecule has 132 valence electrons. The highest BCUT2D eigenvalue weighted by Gasteiger charge is 2.22. The summed E-state index contributed by atoms with van der Waals surface area (Å²) in [5, 5.41) is 10.5. The van der Waals surface area contributed by atoms with Gasteiger partial charge in [-0.2, -0.15) is 0 Å². The van der Waals surface area contributed by atoms with Crippen molar-refractivity contribution in [3.8, 4) is 0 Å². The molecule has 1 N–H and O–H groups in total. The van der Waals surface area contributed by atoms with Crippen LogP contribution in [-0.2, 0) is 0 Å². The third-order valence-electron chi connectivity index (χ3n) is 4.56. The first-order chi connectivity index (χ1) is 12.7. The lowest BCUT2D eigenvalue weighted by Gasteiger charge is -2.24. The third kappa shape index (κ3) is 3.15. The summed E-state index contributed by atoms with van der Waals surface area (Å²) >= 11 is 0. The summed E-state index contributed by atoms with van der Waals surface area (Å²) in [6.07, 6.45) is 4.35. The van der Waals surface area contributed by atoms with E-state index in [1.54, 1.807) is 24.5 Å².